The average Bonchev–Trinajstić information content (AvgIpc) is 2.90. The van der Waals surface area contributed by atoms with Gasteiger partial charge in [-0.1, -0.05) is 13.0 Å². The Morgan fingerprint density at radius 1 is 1.42 bits per heavy atom. The summed E-state index contributed by atoms with van der Waals surface area (Å²) in [5, 5.41) is 2.04. The molecule has 2 aromatic rings. The largest absolute Gasteiger partial charge is 0.368 e. The van der Waals surface area contributed by atoms with Crippen molar-refractivity contribution in [3.05, 3.63) is 39.3 Å². The Labute approximate surface area is 115 Å². The number of rotatable bonds is 2. The number of hydrogen-bond acceptors (Lipinski definition) is 5. The van der Waals surface area contributed by atoms with E-state index in [-0.39, 0.29) is 17.6 Å². The molecule has 0 bridgehead atoms. The summed E-state index contributed by atoms with van der Waals surface area (Å²) in [6.07, 6.45) is 2.04. The van der Waals surface area contributed by atoms with E-state index in [9.17, 15) is 4.79 Å². The molecule has 2 heterocycles. The van der Waals surface area contributed by atoms with Crippen LogP contribution in [0.1, 0.15) is 45.9 Å². The number of Topliss-reactive ketones (excluding diaryl/α,β-unsaturated/α-hetero) is 1. The van der Waals surface area contributed by atoms with Crippen LogP contribution in [0.15, 0.2) is 17.5 Å². The molecule has 1 aliphatic rings. The number of carbonyl (C=O) groups excluding carboxylic acids is 1. The summed E-state index contributed by atoms with van der Waals surface area (Å²) in [6, 6.07) is 4.10. The lowest BCUT2D eigenvalue weighted by Gasteiger charge is -2.23. The van der Waals surface area contributed by atoms with Crippen molar-refractivity contribution in [1.29, 1.82) is 0 Å². The van der Waals surface area contributed by atoms with E-state index in [2.05, 4.69) is 16.0 Å². The van der Waals surface area contributed by atoms with Crippen molar-refractivity contribution in [1.82, 2.24) is 9.97 Å². The Balaban J connectivity index is 2.05. The van der Waals surface area contributed by atoms with Gasteiger partial charge in [-0.15, -0.1) is 11.3 Å². The molecule has 0 radical (unpaired) electrons. The third-order valence-electron chi connectivity index (χ3n) is 3.51. The van der Waals surface area contributed by atoms with Gasteiger partial charge in [-0.2, -0.15) is 0 Å². The maximum atomic E-state index is 12.4. The maximum Gasteiger partial charge on any atom is 0.220 e. The van der Waals surface area contributed by atoms with Crippen molar-refractivity contribution in [2.45, 2.75) is 32.1 Å². The second-order valence-electron chi connectivity index (χ2n) is 4.75. The Hall–Kier alpha value is -1.75. The zero-order valence-corrected chi connectivity index (χ0v) is 11.5. The molecule has 2 aromatic heterocycles. The lowest BCUT2D eigenvalue weighted by molar-refractivity contribution is 0.0962. The first-order valence-corrected chi connectivity index (χ1v) is 7.28. The highest BCUT2D eigenvalue weighted by Crippen LogP contribution is 2.35. The number of ketones is 1. The zero-order valence-electron chi connectivity index (χ0n) is 10.7. The molecule has 4 nitrogen and oxygen atoms in total. The van der Waals surface area contributed by atoms with Gasteiger partial charge in [0, 0.05) is 17.2 Å². The Morgan fingerprint density at radius 3 is 2.95 bits per heavy atom. The van der Waals surface area contributed by atoms with Crippen LogP contribution in [0, 0.1) is 0 Å². The third-order valence-corrected chi connectivity index (χ3v) is 4.54. The zero-order chi connectivity index (χ0) is 13.4. The summed E-state index contributed by atoms with van der Waals surface area (Å²) in [7, 11) is 0. The number of thiophene rings is 1. The molecule has 0 amide bonds. The van der Waals surface area contributed by atoms with Crippen molar-refractivity contribution in [3.63, 3.8) is 0 Å². The van der Waals surface area contributed by atoms with Gasteiger partial charge < -0.3 is 5.73 Å². The van der Waals surface area contributed by atoms with Gasteiger partial charge in [-0.3, -0.25) is 4.79 Å². The van der Waals surface area contributed by atoms with Crippen LogP contribution in [0.3, 0.4) is 0 Å². The van der Waals surface area contributed by atoms with E-state index >= 15 is 0 Å². The van der Waals surface area contributed by atoms with E-state index in [1.54, 1.807) is 11.3 Å². The minimum atomic E-state index is 0.150. The van der Waals surface area contributed by atoms with Gasteiger partial charge in [0.05, 0.1) is 17.0 Å². The van der Waals surface area contributed by atoms with Gasteiger partial charge in [0.2, 0.25) is 5.95 Å². The van der Waals surface area contributed by atoms with E-state index in [1.807, 2.05) is 18.4 Å². The quantitative estimate of drug-likeness (QED) is 0.913. The van der Waals surface area contributed by atoms with E-state index < -0.39 is 0 Å². The molecule has 0 saturated carbocycles. The highest BCUT2D eigenvalue weighted by Gasteiger charge is 2.30. The van der Waals surface area contributed by atoms with Crippen LogP contribution < -0.4 is 5.73 Å². The molecule has 0 spiro atoms. The molecule has 0 unspecified atom stereocenters. The minimum Gasteiger partial charge on any atom is -0.368 e. The predicted molar refractivity (Wildman–Crippen MR) is 75.5 cm³/mol. The number of nitrogens with two attached hydrogens (primary N) is 1. The molecule has 98 valence electrons. The van der Waals surface area contributed by atoms with Gasteiger partial charge in [-0.05, 0) is 24.3 Å². The number of carbonyl (C=O) groups is 1. The number of nitrogens with zero attached hydrogens (tertiary/aromatic N) is 2. The SMILES string of the molecule is CCc1nc(N)nc2c1C(=O)C[C@@H](c1cccs1)C2. The van der Waals surface area contributed by atoms with E-state index in [4.69, 9.17) is 5.73 Å². The monoisotopic (exact) mass is 273 g/mol. The summed E-state index contributed by atoms with van der Waals surface area (Å²) in [4.78, 5) is 22.1. The molecule has 0 saturated heterocycles. The third kappa shape index (κ3) is 2.14. The van der Waals surface area contributed by atoms with Crippen molar-refractivity contribution in [2.24, 2.45) is 0 Å². The molecular weight excluding hydrogens is 258 g/mol. The average molecular weight is 273 g/mol. The normalized spacial score (nSPS) is 18.4. The summed E-state index contributed by atoms with van der Waals surface area (Å²) in [5.74, 6) is 0.658. The van der Waals surface area contributed by atoms with Crippen LogP contribution in [0.2, 0.25) is 0 Å². The minimum absolute atomic E-state index is 0.150. The lowest BCUT2D eigenvalue weighted by atomic mass is 9.84. The Bertz CT molecular complexity index is 622. The Morgan fingerprint density at radius 2 is 2.26 bits per heavy atom. The smallest absolute Gasteiger partial charge is 0.220 e. The summed E-state index contributed by atoms with van der Waals surface area (Å²) in [6.45, 7) is 1.99. The van der Waals surface area contributed by atoms with E-state index in [0.717, 1.165) is 17.8 Å². The first-order valence-electron chi connectivity index (χ1n) is 6.41. The maximum absolute atomic E-state index is 12.4. The van der Waals surface area contributed by atoms with E-state index in [0.29, 0.717) is 18.4 Å². The van der Waals surface area contributed by atoms with Crippen molar-refractivity contribution >= 4 is 23.1 Å². The van der Waals surface area contributed by atoms with Gasteiger partial charge in [0.1, 0.15) is 0 Å². The standard InChI is InChI=1S/C14H15N3OS/c1-2-9-13-10(17-14(15)16-9)6-8(7-11(13)18)12-4-3-5-19-12/h3-5,8H,2,6-7H2,1H3,(H2,15,16,17)/t8-/m0/s1. The molecular formula is C14H15N3OS. The summed E-state index contributed by atoms with van der Waals surface area (Å²) >= 11 is 1.69. The second kappa shape index (κ2) is 4.74. The van der Waals surface area contributed by atoms with E-state index in [1.165, 1.54) is 4.88 Å². The molecule has 5 heteroatoms. The molecule has 0 fully saturated rings. The van der Waals surface area contributed by atoms with Crippen LogP contribution >= 0.6 is 11.3 Å². The fourth-order valence-electron chi connectivity index (χ4n) is 2.66. The van der Waals surface area contributed by atoms with Crippen LogP contribution in [-0.2, 0) is 12.8 Å². The number of hydrogen-bond donors (Lipinski definition) is 1. The van der Waals surface area contributed by atoms with Gasteiger partial charge in [0.25, 0.3) is 0 Å². The predicted octanol–water partition coefficient (Wildman–Crippen LogP) is 2.60. The highest BCUT2D eigenvalue weighted by atomic mass is 32.1. The van der Waals surface area contributed by atoms with Gasteiger partial charge in [-0.25, -0.2) is 9.97 Å². The fraction of sp³-hybridized carbons (Fsp3) is 0.357. The van der Waals surface area contributed by atoms with Gasteiger partial charge >= 0.3 is 0 Å². The Kier molecular flexibility index (Phi) is 3.06. The van der Waals surface area contributed by atoms with Gasteiger partial charge in [0.15, 0.2) is 5.78 Å². The first kappa shape index (κ1) is 12.3. The number of fused-ring (bicyclic) bond motifs is 1. The molecule has 0 aromatic carbocycles. The number of anilines is 1. The van der Waals surface area contributed by atoms with Crippen LogP contribution in [0.4, 0.5) is 5.95 Å². The highest BCUT2D eigenvalue weighted by molar-refractivity contribution is 7.10. The number of aromatic nitrogens is 2. The van der Waals surface area contributed by atoms with Crippen LogP contribution in [0.25, 0.3) is 0 Å². The number of aryl methyl sites for hydroxylation is 1. The summed E-state index contributed by atoms with van der Waals surface area (Å²) < 4.78 is 0. The lowest BCUT2D eigenvalue weighted by Crippen LogP contribution is -2.23. The van der Waals surface area contributed by atoms with Crippen molar-refractivity contribution in [3.8, 4) is 0 Å². The molecule has 0 aliphatic heterocycles. The van der Waals surface area contributed by atoms with Crippen LogP contribution in [-0.4, -0.2) is 15.8 Å². The number of nitrogen functional groups attached to an aromatic ring is 1. The molecule has 1 aliphatic carbocycles. The second-order valence-corrected chi connectivity index (χ2v) is 5.73. The molecule has 19 heavy (non-hydrogen) atoms. The fourth-order valence-corrected chi connectivity index (χ4v) is 3.49. The van der Waals surface area contributed by atoms with Crippen LogP contribution in [0.5, 0.6) is 0 Å². The molecule has 1 atom stereocenters. The van der Waals surface area contributed by atoms with Crippen molar-refractivity contribution in [2.75, 3.05) is 5.73 Å². The van der Waals surface area contributed by atoms with Crippen molar-refractivity contribution < 1.29 is 4.79 Å². The molecule has 2 N–H and O–H groups in total. The summed E-state index contributed by atoms with van der Waals surface area (Å²) in [5.41, 5.74) is 8.06. The molecule has 3 rings (SSSR count). The topological polar surface area (TPSA) is 68.9 Å². The first-order chi connectivity index (χ1) is 9.19.